The van der Waals surface area contributed by atoms with Crippen molar-refractivity contribution in [3.05, 3.63) is 29.6 Å². The van der Waals surface area contributed by atoms with E-state index in [9.17, 15) is 4.79 Å². The molecule has 2 aromatic heterocycles. The highest BCUT2D eigenvalue weighted by molar-refractivity contribution is 5.98. The van der Waals surface area contributed by atoms with E-state index in [2.05, 4.69) is 9.97 Å². The number of carbonyl (C=O) groups is 1. The minimum absolute atomic E-state index is 0.314. The molecule has 0 spiro atoms. The van der Waals surface area contributed by atoms with Crippen LogP contribution in [0.3, 0.4) is 0 Å². The van der Waals surface area contributed by atoms with Crippen LogP contribution in [0.15, 0.2) is 18.3 Å². The summed E-state index contributed by atoms with van der Waals surface area (Å²) in [6.07, 6.45) is 1.46. The fraction of sp³-hybridized carbons (Fsp3) is 0.357. The Morgan fingerprint density at radius 1 is 1.26 bits per heavy atom. The summed E-state index contributed by atoms with van der Waals surface area (Å²) < 4.78 is 10.6. The number of ether oxygens (including phenoxy) is 2. The highest BCUT2D eigenvalue weighted by atomic mass is 16.5. The van der Waals surface area contributed by atoms with E-state index in [1.165, 1.54) is 6.20 Å². The van der Waals surface area contributed by atoms with Gasteiger partial charge in [-0.2, -0.15) is 0 Å². The van der Waals surface area contributed by atoms with E-state index in [1.54, 1.807) is 6.92 Å². The summed E-state index contributed by atoms with van der Waals surface area (Å²) in [6.45, 7) is 6.29. The van der Waals surface area contributed by atoms with E-state index in [1.807, 2.05) is 26.0 Å². The van der Waals surface area contributed by atoms with Crippen molar-refractivity contribution in [2.75, 3.05) is 13.2 Å². The lowest BCUT2D eigenvalue weighted by atomic mass is 10.1. The number of pyridine rings is 2. The minimum Gasteiger partial charge on any atom is -0.492 e. The van der Waals surface area contributed by atoms with Crippen LogP contribution in [-0.4, -0.2) is 29.2 Å². The maximum atomic E-state index is 11.9. The minimum atomic E-state index is -0.430. The molecule has 5 nitrogen and oxygen atoms in total. The van der Waals surface area contributed by atoms with Gasteiger partial charge in [-0.3, -0.25) is 0 Å². The van der Waals surface area contributed by atoms with Crippen LogP contribution in [-0.2, 0) is 4.74 Å². The number of rotatable bonds is 4. The number of esters is 1. The molecule has 0 aromatic carbocycles. The van der Waals surface area contributed by atoms with Crippen LogP contribution in [0.25, 0.3) is 11.0 Å². The van der Waals surface area contributed by atoms with Crippen LogP contribution in [0.1, 0.15) is 29.9 Å². The van der Waals surface area contributed by atoms with Crippen molar-refractivity contribution in [3.63, 3.8) is 0 Å². The number of hydrogen-bond donors (Lipinski definition) is 0. The Hall–Kier alpha value is -2.17. The third kappa shape index (κ3) is 2.65. The van der Waals surface area contributed by atoms with Crippen molar-refractivity contribution < 1.29 is 14.3 Å². The van der Waals surface area contributed by atoms with Crippen LogP contribution in [0.4, 0.5) is 0 Å². The Morgan fingerprint density at radius 3 is 2.74 bits per heavy atom. The summed E-state index contributed by atoms with van der Waals surface area (Å²) in [5, 5.41) is 0.720. The molecule has 0 saturated carbocycles. The van der Waals surface area contributed by atoms with E-state index in [4.69, 9.17) is 9.47 Å². The molecule has 2 heterocycles. The van der Waals surface area contributed by atoms with Gasteiger partial charge in [-0.05, 0) is 32.9 Å². The SMILES string of the molecule is CCOC(=O)c1cnc2nc(C)ccc2c1OCC. The summed E-state index contributed by atoms with van der Waals surface area (Å²) in [4.78, 5) is 20.4. The van der Waals surface area contributed by atoms with Gasteiger partial charge in [0.2, 0.25) is 0 Å². The van der Waals surface area contributed by atoms with Crippen LogP contribution in [0.5, 0.6) is 5.75 Å². The summed E-state index contributed by atoms with van der Waals surface area (Å²) in [7, 11) is 0. The number of nitrogens with zero attached hydrogens (tertiary/aromatic N) is 2. The van der Waals surface area contributed by atoms with Crippen LogP contribution < -0.4 is 4.74 Å². The molecular formula is C14H16N2O3. The quantitative estimate of drug-likeness (QED) is 0.790. The largest absolute Gasteiger partial charge is 0.492 e. The van der Waals surface area contributed by atoms with E-state index in [0.29, 0.717) is 30.2 Å². The summed E-state index contributed by atoms with van der Waals surface area (Å²) in [5.74, 6) is 0.0550. The van der Waals surface area contributed by atoms with Crippen molar-refractivity contribution in [2.24, 2.45) is 0 Å². The van der Waals surface area contributed by atoms with Gasteiger partial charge in [0.25, 0.3) is 0 Å². The number of aromatic nitrogens is 2. The zero-order valence-corrected chi connectivity index (χ0v) is 11.3. The first-order valence-electron chi connectivity index (χ1n) is 6.23. The Bertz CT molecular complexity index is 611. The van der Waals surface area contributed by atoms with Gasteiger partial charge in [-0.25, -0.2) is 14.8 Å². The molecule has 0 radical (unpaired) electrons. The Labute approximate surface area is 111 Å². The van der Waals surface area contributed by atoms with Gasteiger partial charge < -0.3 is 9.47 Å². The zero-order valence-electron chi connectivity index (χ0n) is 11.3. The van der Waals surface area contributed by atoms with Crippen molar-refractivity contribution in [1.82, 2.24) is 9.97 Å². The lowest BCUT2D eigenvalue weighted by molar-refractivity contribution is 0.0522. The molecule has 2 rings (SSSR count). The second-order valence-electron chi connectivity index (χ2n) is 3.98. The van der Waals surface area contributed by atoms with Crippen molar-refractivity contribution in [1.29, 1.82) is 0 Å². The molecular weight excluding hydrogens is 244 g/mol. The van der Waals surface area contributed by atoms with Crippen molar-refractivity contribution in [3.8, 4) is 5.75 Å². The number of aryl methyl sites for hydroxylation is 1. The average molecular weight is 260 g/mol. The van der Waals surface area contributed by atoms with Gasteiger partial charge >= 0.3 is 5.97 Å². The first-order valence-corrected chi connectivity index (χ1v) is 6.23. The molecule has 0 saturated heterocycles. The van der Waals surface area contributed by atoms with E-state index >= 15 is 0 Å². The predicted octanol–water partition coefficient (Wildman–Crippen LogP) is 2.51. The highest BCUT2D eigenvalue weighted by Gasteiger charge is 2.18. The molecule has 0 bridgehead atoms. The van der Waals surface area contributed by atoms with Crippen molar-refractivity contribution >= 4 is 17.0 Å². The van der Waals surface area contributed by atoms with Gasteiger partial charge in [-0.15, -0.1) is 0 Å². The van der Waals surface area contributed by atoms with Crippen LogP contribution in [0, 0.1) is 6.92 Å². The molecule has 19 heavy (non-hydrogen) atoms. The highest BCUT2D eigenvalue weighted by Crippen LogP contribution is 2.28. The number of carbonyl (C=O) groups excluding carboxylic acids is 1. The standard InChI is InChI=1S/C14H16N2O3/c1-4-18-12-10-7-6-9(3)16-13(10)15-8-11(12)14(17)19-5-2/h6-8H,4-5H2,1-3H3. The predicted molar refractivity (Wildman–Crippen MR) is 71.4 cm³/mol. The lowest BCUT2D eigenvalue weighted by Crippen LogP contribution is -2.09. The Balaban J connectivity index is 2.61. The molecule has 0 fully saturated rings. The van der Waals surface area contributed by atoms with Gasteiger partial charge in [0.15, 0.2) is 5.65 Å². The summed E-state index contributed by atoms with van der Waals surface area (Å²) in [6, 6.07) is 3.72. The van der Waals surface area contributed by atoms with Crippen LogP contribution >= 0.6 is 0 Å². The van der Waals surface area contributed by atoms with Gasteiger partial charge in [0.1, 0.15) is 11.3 Å². The van der Waals surface area contributed by atoms with Gasteiger partial charge in [-0.1, -0.05) is 0 Å². The first kappa shape index (κ1) is 13.3. The molecule has 5 heteroatoms. The Kier molecular flexibility index (Phi) is 3.94. The molecule has 0 amide bonds. The molecule has 2 aromatic rings. The maximum Gasteiger partial charge on any atom is 0.343 e. The smallest absolute Gasteiger partial charge is 0.343 e. The lowest BCUT2D eigenvalue weighted by Gasteiger charge is -2.11. The van der Waals surface area contributed by atoms with E-state index in [-0.39, 0.29) is 0 Å². The summed E-state index contributed by atoms with van der Waals surface area (Å²) >= 11 is 0. The molecule has 0 N–H and O–H groups in total. The fourth-order valence-electron chi connectivity index (χ4n) is 1.80. The second kappa shape index (κ2) is 5.65. The van der Waals surface area contributed by atoms with Crippen LogP contribution in [0.2, 0.25) is 0 Å². The normalized spacial score (nSPS) is 10.5. The second-order valence-corrected chi connectivity index (χ2v) is 3.98. The molecule has 0 aliphatic carbocycles. The van der Waals surface area contributed by atoms with E-state index < -0.39 is 5.97 Å². The average Bonchev–Trinajstić information content (AvgIpc) is 2.39. The van der Waals surface area contributed by atoms with Gasteiger partial charge in [0.05, 0.1) is 18.6 Å². The summed E-state index contributed by atoms with van der Waals surface area (Å²) in [5.41, 5.74) is 1.77. The van der Waals surface area contributed by atoms with E-state index in [0.717, 1.165) is 11.1 Å². The number of fused-ring (bicyclic) bond motifs is 1. The fourth-order valence-corrected chi connectivity index (χ4v) is 1.80. The molecule has 0 unspecified atom stereocenters. The topological polar surface area (TPSA) is 61.3 Å². The van der Waals surface area contributed by atoms with Crippen molar-refractivity contribution in [2.45, 2.75) is 20.8 Å². The zero-order chi connectivity index (χ0) is 13.8. The molecule has 100 valence electrons. The third-order valence-electron chi connectivity index (χ3n) is 2.60. The third-order valence-corrected chi connectivity index (χ3v) is 2.60. The van der Waals surface area contributed by atoms with Gasteiger partial charge in [0, 0.05) is 11.9 Å². The monoisotopic (exact) mass is 260 g/mol. The molecule has 0 aliphatic rings. The molecule has 0 aliphatic heterocycles. The Morgan fingerprint density at radius 2 is 2.05 bits per heavy atom. The maximum absolute atomic E-state index is 11.9. The molecule has 0 atom stereocenters. The number of hydrogen-bond acceptors (Lipinski definition) is 5. The first-order chi connectivity index (χ1) is 9.17.